The number of rotatable bonds is 9. The number of anilines is 3. The Morgan fingerprint density at radius 3 is 2.22 bits per heavy atom. The highest BCUT2D eigenvalue weighted by atomic mass is 35.5. The van der Waals surface area contributed by atoms with Crippen LogP contribution in [-0.4, -0.2) is 47.7 Å². The molecular formula is C33H31ClN4O5S2. The predicted octanol–water partition coefficient (Wildman–Crippen LogP) is 5.85. The maximum absolute atomic E-state index is 14.1. The lowest BCUT2D eigenvalue weighted by Gasteiger charge is -2.31. The summed E-state index contributed by atoms with van der Waals surface area (Å²) in [6.07, 6.45) is 0. The molecule has 1 aromatic heterocycles. The number of hydrogen-bond acceptors (Lipinski definition) is 8. The van der Waals surface area contributed by atoms with E-state index in [0.29, 0.717) is 32.1 Å². The van der Waals surface area contributed by atoms with E-state index >= 15 is 0 Å². The molecule has 3 heterocycles. The van der Waals surface area contributed by atoms with Crippen molar-refractivity contribution in [3.05, 3.63) is 97.9 Å². The van der Waals surface area contributed by atoms with Gasteiger partial charge in [0, 0.05) is 40.3 Å². The molecule has 6 rings (SSSR count). The highest BCUT2D eigenvalue weighted by Crippen LogP contribution is 2.54. The summed E-state index contributed by atoms with van der Waals surface area (Å²) in [6.45, 7) is 5.63. The van der Waals surface area contributed by atoms with Gasteiger partial charge < -0.3 is 15.0 Å². The molecule has 4 aromatic rings. The zero-order valence-electron chi connectivity index (χ0n) is 24.9. The Hall–Kier alpha value is -4.06. The number of nitrogens with one attached hydrogen (secondary N) is 1. The van der Waals surface area contributed by atoms with Gasteiger partial charge in [-0.25, -0.2) is 4.90 Å². The van der Waals surface area contributed by atoms with E-state index in [1.165, 1.54) is 21.2 Å². The number of imide groups is 1. The molecule has 1 N–H and O–H groups in total. The second kappa shape index (κ2) is 12.7. The lowest BCUT2D eigenvalue weighted by Crippen LogP contribution is -2.33. The normalized spacial score (nSPS) is 18.8. The minimum atomic E-state index is -0.780. The molecule has 3 atom stereocenters. The molecule has 0 bridgehead atoms. The largest absolute Gasteiger partial charge is 0.497 e. The number of nitrogens with zero attached hydrogens (tertiary/aromatic N) is 3. The van der Waals surface area contributed by atoms with Gasteiger partial charge in [0.05, 0.1) is 23.7 Å². The standard InChI is InChI=1S/C33H31ClN4O5S2/c1-4-36(5-2)22-12-6-19(7-13-22)26-27-28(31(41)38(30(27)40)23-14-8-20(34)9-15-23)44-32-29(26)45-33(42)37(32)18-25(39)35-21-10-16-24(43-3)17-11-21/h6-17,26-28H,4-5,18H2,1-3H3,(H,35,39)/t26-,27-,28+/m0/s1. The molecule has 3 amide bonds. The van der Waals surface area contributed by atoms with E-state index < -0.39 is 17.1 Å². The Labute approximate surface area is 273 Å². The molecule has 2 aliphatic rings. The number of carbonyl (C=O) groups excluding carboxylic acids is 3. The minimum Gasteiger partial charge on any atom is -0.497 e. The number of fused-ring (bicyclic) bond motifs is 2. The zero-order valence-corrected chi connectivity index (χ0v) is 27.2. The lowest BCUT2D eigenvalue weighted by atomic mass is 9.83. The first-order valence-corrected chi connectivity index (χ1v) is 16.6. The van der Waals surface area contributed by atoms with Crippen LogP contribution in [0.1, 0.15) is 30.2 Å². The summed E-state index contributed by atoms with van der Waals surface area (Å²) in [7, 11) is 1.56. The number of thioether (sulfide) groups is 1. The maximum atomic E-state index is 14.1. The SMILES string of the molecule is CCN(CC)c1ccc([C@@H]2c3sc(=O)n(CC(=O)Nc4ccc(OC)cc4)c3S[C@H]3C(=O)N(c4ccc(Cl)cc4)C(=O)[C@@H]23)cc1. The second-order valence-electron chi connectivity index (χ2n) is 10.7. The fraction of sp³-hybridized carbons (Fsp3) is 0.273. The maximum Gasteiger partial charge on any atom is 0.308 e. The predicted molar refractivity (Wildman–Crippen MR) is 179 cm³/mol. The number of amides is 3. The number of methoxy groups -OCH3 is 1. The van der Waals surface area contributed by atoms with E-state index in [1.807, 2.05) is 24.3 Å². The number of thiazole rings is 1. The summed E-state index contributed by atoms with van der Waals surface area (Å²) in [5.74, 6) is -1.70. The van der Waals surface area contributed by atoms with Crippen LogP contribution in [0.2, 0.25) is 5.02 Å². The van der Waals surface area contributed by atoms with Gasteiger partial charge in [-0.3, -0.25) is 23.7 Å². The smallest absolute Gasteiger partial charge is 0.308 e. The first-order valence-electron chi connectivity index (χ1n) is 14.6. The second-order valence-corrected chi connectivity index (χ2v) is 13.3. The third kappa shape index (κ3) is 5.76. The Morgan fingerprint density at radius 1 is 0.933 bits per heavy atom. The third-order valence-electron chi connectivity index (χ3n) is 8.19. The Kier molecular flexibility index (Phi) is 8.76. The van der Waals surface area contributed by atoms with E-state index in [1.54, 1.807) is 55.6 Å². The number of aromatic nitrogens is 1. The van der Waals surface area contributed by atoms with Crippen molar-refractivity contribution >= 4 is 69.5 Å². The van der Waals surface area contributed by atoms with Crippen molar-refractivity contribution in [2.45, 2.75) is 36.6 Å². The van der Waals surface area contributed by atoms with Gasteiger partial charge in [0.2, 0.25) is 17.7 Å². The quantitative estimate of drug-likeness (QED) is 0.224. The summed E-state index contributed by atoms with van der Waals surface area (Å²) in [4.78, 5) is 58.5. The number of hydrogen-bond donors (Lipinski definition) is 1. The highest BCUT2D eigenvalue weighted by molar-refractivity contribution is 8.00. The van der Waals surface area contributed by atoms with Crippen molar-refractivity contribution in [2.75, 3.05) is 35.3 Å². The lowest BCUT2D eigenvalue weighted by molar-refractivity contribution is -0.122. The van der Waals surface area contributed by atoms with Crippen LogP contribution in [0.3, 0.4) is 0 Å². The number of halogens is 1. The summed E-state index contributed by atoms with van der Waals surface area (Å²) in [5.41, 5.74) is 2.88. The van der Waals surface area contributed by atoms with Gasteiger partial charge in [-0.2, -0.15) is 0 Å². The molecule has 1 fully saturated rings. The molecule has 12 heteroatoms. The van der Waals surface area contributed by atoms with Crippen LogP contribution in [0.15, 0.2) is 82.6 Å². The first-order chi connectivity index (χ1) is 21.7. The highest BCUT2D eigenvalue weighted by Gasteiger charge is 2.56. The minimum absolute atomic E-state index is 0.238. The van der Waals surface area contributed by atoms with E-state index in [-0.39, 0.29) is 29.1 Å². The van der Waals surface area contributed by atoms with Crippen molar-refractivity contribution in [1.29, 1.82) is 0 Å². The number of benzene rings is 3. The number of ether oxygens (including phenoxy) is 1. The molecule has 0 saturated carbocycles. The van der Waals surface area contributed by atoms with Crippen molar-refractivity contribution in [3.8, 4) is 5.75 Å². The fourth-order valence-corrected chi connectivity index (χ4v) is 8.86. The van der Waals surface area contributed by atoms with Crippen LogP contribution in [-0.2, 0) is 20.9 Å². The zero-order chi connectivity index (χ0) is 31.8. The van der Waals surface area contributed by atoms with E-state index in [9.17, 15) is 19.2 Å². The summed E-state index contributed by atoms with van der Waals surface area (Å²) in [6, 6.07) is 21.5. The molecular weight excluding hydrogens is 632 g/mol. The Bertz CT molecular complexity index is 1800. The van der Waals surface area contributed by atoms with Crippen LogP contribution in [0.25, 0.3) is 0 Å². The van der Waals surface area contributed by atoms with Gasteiger partial charge in [0.25, 0.3) is 0 Å². The fourth-order valence-electron chi connectivity index (χ4n) is 5.96. The molecule has 232 valence electrons. The Balaban J connectivity index is 1.39. The van der Waals surface area contributed by atoms with Crippen molar-refractivity contribution in [2.24, 2.45) is 5.92 Å². The van der Waals surface area contributed by atoms with Crippen LogP contribution in [0.4, 0.5) is 17.1 Å². The number of carbonyl (C=O) groups is 3. The average Bonchev–Trinajstić information content (AvgIpc) is 3.49. The topological polar surface area (TPSA) is 101 Å². The Morgan fingerprint density at radius 2 is 1.60 bits per heavy atom. The van der Waals surface area contributed by atoms with Gasteiger partial charge in [-0.15, -0.1) is 0 Å². The first kappa shape index (κ1) is 30.9. The van der Waals surface area contributed by atoms with Crippen molar-refractivity contribution < 1.29 is 19.1 Å². The van der Waals surface area contributed by atoms with Gasteiger partial charge in [-0.05, 0) is 80.1 Å². The summed E-state index contributed by atoms with van der Waals surface area (Å²) in [5, 5.41) is 3.08. The average molecular weight is 663 g/mol. The summed E-state index contributed by atoms with van der Waals surface area (Å²) >= 11 is 8.30. The van der Waals surface area contributed by atoms with E-state index in [0.717, 1.165) is 35.7 Å². The van der Waals surface area contributed by atoms with Gasteiger partial charge >= 0.3 is 4.87 Å². The van der Waals surface area contributed by atoms with E-state index in [4.69, 9.17) is 16.3 Å². The molecule has 45 heavy (non-hydrogen) atoms. The van der Waals surface area contributed by atoms with Gasteiger partial charge in [0.1, 0.15) is 17.5 Å². The van der Waals surface area contributed by atoms with Crippen LogP contribution in [0.5, 0.6) is 5.75 Å². The third-order valence-corrected chi connectivity index (χ3v) is 11.0. The molecule has 1 saturated heterocycles. The molecule has 2 aliphatic heterocycles. The monoisotopic (exact) mass is 662 g/mol. The molecule has 0 unspecified atom stereocenters. The molecule has 0 radical (unpaired) electrons. The van der Waals surface area contributed by atoms with Crippen LogP contribution < -0.4 is 24.7 Å². The van der Waals surface area contributed by atoms with Crippen molar-refractivity contribution in [1.82, 2.24) is 4.57 Å². The molecule has 0 aliphatic carbocycles. The van der Waals surface area contributed by atoms with Gasteiger partial charge in [0.15, 0.2) is 0 Å². The van der Waals surface area contributed by atoms with Crippen molar-refractivity contribution in [3.63, 3.8) is 0 Å². The van der Waals surface area contributed by atoms with E-state index in [2.05, 4.69) is 24.1 Å². The summed E-state index contributed by atoms with van der Waals surface area (Å²) < 4.78 is 6.60. The molecule has 3 aromatic carbocycles. The molecule has 9 nitrogen and oxygen atoms in total. The van der Waals surface area contributed by atoms with Gasteiger partial charge in [-0.1, -0.05) is 46.8 Å². The van der Waals surface area contributed by atoms with Crippen LogP contribution in [0, 0.1) is 5.92 Å². The van der Waals surface area contributed by atoms with Crippen LogP contribution >= 0.6 is 34.7 Å². The molecule has 0 spiro atoms.